The molecule has 0 heterocycles. The van der Waals surface area contributed by atoms with E-state index in [0.29, 0.717) is 0 Å². The van der Waals surface area contributed by atoms with Crippen LogP contribution in [0.4, 0.5) is 0 Å². The Labute approximate surface area is 552 Å². The maximum atomic E-state index is 2.89. The molecule has 12 aromatic rings. The summed E-state index contributed by atoms with van der Waals surface area (Å²) in [4.78, 5) is 0. The fourth-order valence-electron chi connectivity index (χ4n) is 4.10. The van der Waals surface area contributed by atoms with Gasteiger partial charge in [0.25, 0.3) is 0 Å². The molecule has 0 nitrogen and oxygen atoms in total. The van der Waals surface area contributed by atoms with Crippen LogP contribution in [0, 0.1) is 72.8 Å². The van der Waals surface area contributed by atoms with Gasteiger partial charge in [0.2, 0.25) is 0 Å². The number of benzene rings is 12. The third-order valence-corrected chi connectivity index (χ3v) is 7.29. The molecular formula is C72H68P4Pd4-16. The van der Waals surface area contributed by atoms with Crippen LogP contribution in [0.5, 0.6) is 0 Å². The fraction of sp³-hybridized carbons (Fsp3) is 0. The minimum Gasteiger partial charge on any atom is -0.577 e. The number of rotatable bonds is 0. The Kier molecular flexibility index (Phi) is 100. The van der Waals surface area contributed by atoms with Crippen LogP contribution >= 0.6 is 39.6 Å². The van der Waals surface area contributed by atoms with Crippen LogP contribution < -0.4 is 0 Å². The Morgan fingerprint density at radius 2 is 0.138 bits per heavy atom. The van der Waals surface area contributed by atoms with Gasteiger partial charge in [0.05, 0.1) is 0 Å². The Balaban J connectivity index is -0.000000117. The monoisotopic (exact) mass is 1480 g/mol. The summed E-state index contributed by atoms with van der Waals surface area (Å²) in [6, 6.07) is 150. The van der Waals surface area contributed by atoms with Crippen molar-refractivity contribution in [1.29, 1.82) is 0 Å². The van der Waals surface area contributed by atoms with Crippen LogP contribution in [-0.2, 0) is 81.7 Å². The van der Waals surface area contributed by atoms with E-state index < -0.39 is 0 Å². The van der Waals surface area contributed by atoms with E-state index in [-0.39, 0.29) is 121 Å². The Morgan fingerprint density at radius 3 is 0.150 bits per heavy atom. The van der Waals surface area contributed by atoms with Crippen molar-refractivity contribution in [2.45, 2.75) is 0 Å². The molecule has 0 unspecified atom stereocenters. The second-order valence-electron chi connectivity index (χ2n) is 12.9. The molecule has 0 bridgehead atoms. The summed E-state index contributed by atoms with van der Waals surface area (Å²) < 4.78 is 0. The van der Waals surface area contributed by atoms with Crippen molar-refractivity contribution < 1.29 is 81.7 Å². The van der Waals surface area contributed by atoms with Crippen LogP contribution in [0.3, 0.4) is 0 Å². The van der Waals surface area contributed by atoms with E-state index >= 15 is 0 Å². The molecule has 0 saturated heterocycles. The van der Waals surface area contributed by atoms with E-state index in [1.54, 1.807) is 0 Å². The maximum Gasteiger partial charge on any atom is 0 e. The molecule has 0 fully saturated rings. The average molecular weight is 1480 g/mol. The Hall–Kier alpha value is -4.99. The Morgan fingerprint density at radius 1 is 0.0875 bits per heavy atom. The van der Waals surface area contributed by atoms with Gasteiger partial charge in [0, 0.05) is 81.7 Å². The first-order valence-corrected chi connectivity index (χ1v) is 22.9. The first kappa shape index (κ1) is 91.5. The van der Waals surface area contributed by atoms with Crippen molar-refractivity contribution in [3.05, 3.63) is 437 Å². The Bertz CT molecular complexity index is 1590. The van der Waals surface area contributed by atoms with Gasteiger partial charge in [-0.3, -0.25) is 0 Å². The van der Waals surface area contributed by atoms with Crippen LogP contribution in [0.25, 0.3) is 0 Å². The van der Waals surface area contributed by atoms with Gasteiger partial charge in [0.1, 0.15) is 0 Å². The molecule has 0 amide bonds. The predicted octanol–water partition coefficient (Wildman–Crippen LogP) is 19.1. The van der Waals surface area contributed by atoms with Crippen molar-refractivity contribution in [3.63, 3.8) is 0 Å². The molecule has 0 aliphatic heterocycles. The van der Waals surface area contributed by atoms with Gasteiger partial charge < -0.3 is 39.6 Å². The van der Waals surface area contributed by atoms with Crippen molar-refractivity contribution in [2.75, 3.05) is 0 Å². The number of hydrogen-bond acceptors (Lipinski definition) is 0. The second-order valence-corrected chi connectivity index (χ2v) is 12.9. The van der Waals surface area contributed by atoms with E-state index in [4.69, 9.17) is 0 Å². The maximum absolute atomic E-state index is 2.89. The molecule has 12 rings (SSSR count). The molecule has 0 radical (unpaired) electrons. The smallest absolute Gasteiger partial charge is 0 e. The molecule has 0 N–H and O–H groups in total. The zero-order chi connectivity index (χ0) is 50.9. The van der Waals surface area contributed by atoms with E-state index in [1.807, 2.05) is 364 Å². The molecule has 80 heavy (non-hydrogen) atoms. The van der Waals surface area contributed by atoms with Gasteiger partial charge in [-0.1, -0.05) is 0 Å². The molecule has 0 aromatic heterocycles. The molecule has 12 aromatic carbocycles. The van der Waals surface area contributed by atoms with Gasteiger partial charge >= 0.3 is 0 Å². The fourth-order valence-corrected chi connectivity index (χ4v) is 4.10. The van der Waals surface area contributed by atoms with Crippen LogP contribution in [0.1, 0.15) is 0 Å². The third-order valence-electron chi connectivity index (χ3n) is 7.29. The first-order valence-electron chi connectivity index (χ1n) is 22.9. The van der Waals surface area contributed by atoms with E-state index in [9.17, 15) is 0 Å². The van der Waals surface area contributed by atoms with Crippen molar-refractivity contribution in [2.24, 2.45) is 0 Å². The standard InChI is InChI=1S/12C6H5.4H2P.4Pd/c12*1-2-4-6-5-3-1;;;;;;;;/h12*1-5H;4*1H2;;;;/q16*-1;;;;. The summed E-state index contributed by atoms with van der Waals surface area (Å²) in [7, 11) is 0. The minimum atomic E-state index is 0. The van der Waals surface area contributed by atoms with Crippen molar-refractivity contribution in [1.82, 2.24) is 0 Å². The van der Waals surface area contributed by atoms with Crippen LogP contribution in [0.15, 0.2) is 364 Å². The quantitative estimate of drug-likeness (QED) is 0.0806. The normalized spacial score (nSPS) is 7.20. The molecular weight excluding hydrogens is 1410 g/mol. The molecule has 0 saturated carbocycles. The molecule has 432 valence electrons. The van der Waals surface area contributed by atoms with Crippen molar-refractivity contribution in [3.8, 4) is 0 Å². The largest absolute Gasteiger partial charge is 0.577 e. The number of hydrogen-bond donors (Lipinski definition) is 0. The summed E-state index contributed by atoms with van der Waals surface area (Å²) >= 11 is 0. The van der Waals surface area contributed by atoms with Gasteiger partial charge in [-0.25, -0.2) is 0 Å². The van der Waals surface area contributed by atoms with Gasteiger partial charge in [-0.15, -0.1) is 0 Å². The van der Waals surface area contributed by atoms with Crippen LogP contribution in [0.2, 0.25) is 0 Å². The summed E-state index contributed by atoms with van der Waals surface area (Å²) in [5, 5.41) is 0. The molecule has 0 spiro atoms. The van der Waals surface area contributed by atoms with Gasteiger partial charge in [-0.05, 0) is 0 Å². The summed E-state index contributed by atoms with van der Waals surface area (Å²) in [6.45, 7) is 0. The predicted molar refractivity (Wildman–Crippen MR) is 342 cm³/mol. The summed E-state index contributed by atoms with van der Waals surface area (Å²) in [5.74, 6) is 0. The zero-order valence-corrected chi connectivity index (χ0v) is 55.1. The van der Waals surface area contributed by atoms with Crippen molar-refractivity contribution >= 4 is 39.6 Å². The first-order chi connectivity index (χ1) is 36.0. The van der Waals surface area contributed by atoms with Crippen LogP contribution in [-0.4, -0.2) is 0 Å². The van der Waals surface area contributed by atoms with Gasteiger partial charge in [0.15, 0.2) is 0 Å². The summed E-state index contributed by atoms with van der Waals surface area (Å²) in [6.07, 6.45) is 0. The molecule has 0 atom stereocenters. The topological polar surface area (TPSA) is 0 Å². The third kappa shape index (κ3) is 84.3. The summed E-state index contributed by atoms with van der Waals surface area (Å²) in [5.41, 5.74) is 0. The molecule has 0 aliphatic rings. The zero-order valence-electron chi connectivity index (χ0n) is 44.2. The van der Waals surface area contributed by atoms with E-state index in [0.717, 1.165) is 0 Å². The molecule has 0 aliphatic carbocycles. The minimum absolute atomic E-state index is 0. The average Bonchev–Trinajstić information content (AvgIpc) is 3.54. The van der Waals surface area contributed by atoms with E-state index in [1.165, 1.54) is 0 Å². The van der Waals surface area contributed by atoms with E-state index in [2.05, 4.69) is 72.8 Å². The molecule has 8 heteroatoms. The second kappa shape index (κ2) is 87.9. The SMILES string of the molecule is [PH2-].[PH2-].[PH2-].[PH2-].[Pd].[Pd].[Pd].[Pd].[c-]1ccccc1.[c-]1ccccc1.[c-]1ccccc1.[c-]1ccccc1.[c-]1ccccc1.[c-]1ccccc1.[c-]1ccccc1.[c-]1ccccc1.[c-]1ccccc1.[c-]1ccccc1.[c-]1ccccc1.[c-]1ccccc1. The van der Waals surface area contributed by atoms with Gasteiger partial charge in [-0.2, -0.15) is 437 Å².